The van der Waals surface area contributed by atoms with E-state index in [-0.39, 0.29) is 0 Å². The fourth-order valence-corrected chi connectivity index (χ4v) is 3.94. The van der Waals surface area contributed by atoms with E-state index in [1.54, 1.807) is 7.05 Å². The van der Waals surface area contributed by atoms with Crippen molar-refractivity contribution in [2.24, 2.45) is 4.99 Å². The Morgan fingerprint density at radius 3 is 2.58 bits per heavy atom. The number of benzene rings is 2. The number of nitrogens with zero attached hydrogens (tertiary/aromatic N) is 2. The van der Waals surface area contributed by atoms with Crippen molar-refractivity contribution in [3.05, 3.63) is 65.7 Å². The molecule has 0 bridgehead atoms. The molecule has 2 aromatic carbocycles. The normalized spacial score (nSPS) is 15.7. The molecular weight excluding hydrogens is 318 g/mol. The van der Waals surface area contributed by atoms with Crippen molar-refractivity contribution in [1.29, 1.82) is 0 Å². The number of guanidine groups is 1. The standard InChI is InChI=1S/C19H23N3OS/c1-20-19(21-12-14-24(23)18-9-3-2-4-10-18)22-13-11-16-7-5-6-8-17(16)15-22/h2-10H,11-15H2,1H3,(H,20,21). The second-order valence-electron chi connectivity index (χ2n) is 5.78. The summed E-state index contributed by atoms with van der Waals surface area (Å²) in [6, 6.07) is 18.2. The average Bonchev–Trinajstić information content (AvgIpc) is 2.65. The summed E-state index contributed by atoms with van der Waals surface area (Å²) in [6.07, 6.45) is 1.03. The molecule has 0 aliphatic carbocycles. The molecule has 0 aromatic heterocycles. The maximum Gasteiger partial charge on any atom is 0.193 e. The summed E-state index contributed by atoms with van der Waals surface area (Å²) >= 11 is 0. The maximum atomic E-state index is 12.3. The van der Waals surface area contributed by atoms with Crippen LogP contribution in [0, 0.1) is 0 Å². The fraction of sp³-hybridized carbons (Fsp3) is 0.316. The lowest BCUT2D eigenvalue weighted by Crippen LogP contribution is -2.45. The van der Waals surface area contributed by atoms with Crippen molar-refractivity contribution >= 4 is 16.8 Å². The molecule has 0 spiro atoms. The SMILES string of the molecule is CN=C(NCCS(=O)c1ccccc1)N1CCc2ccccc2C1. The van der Waals surface area contributed by atoms with Crippen LogP contribution in [0.2, 0.25) is 0 Å². The van der Waals surface area contributed by atoms with Crippen molar-refractivity contribution in [1.82, 2.24) is 10.2 Å². The Morgan fingerprint density at radius 2 is 1.83 bits per heavy atom. The number of aliphatic imine (C=N–C) groups is 1. The molecule has 2 aromatic rings. The zero-order chi connectivity index (χ0) is 16.8. The first kappa shape index (κ1) is 16.7. The van der Waals surface area contributed by atoms with Gasteiger partial charge in [0.2, 0.25) is 0 Å². The van der Waals surface area contributed by atoms with Gasteiger partial charge >= 0.3 is 0 Å². The van der Waals surface area contributed by atoms with Crippen molar-refractivity contribution in [2.45, 2.75) is 17.9 Å². The third kappa shape index (κ3) is 4.03. The summed E-state index contributed by atoms with van der Waals surface area (Å²) in [7, 11) is 0.824. The van der Waals surface area contributed by atoms with Crippen LogP contribution in [-0.4, -0.2) is 41.0 Å². The number of hydrogen-bond donors (Lipinski definition) is 1. The summed E-state index contributed by atoms with van der Waals surface area (Å²) in [5.74, 6) is 1.46. The lowest BCUT2D eigenvalue weighted by Gasteiger charge is -2.31. The highest BCUT2D eigenvalue weighted by Crippen LogP contribution is 2.18. The molecule has 126 valence electrons. The van der Waals surface area contributed by atoms with Crippen LogP contribution < -0.4 is 5.32 Å². The Bertz CT molecular complexity index is 730. The zero-order valence-corrected chi connectivity index (χ0v) is 14.8. The van der Waals surface area contributed by atoms with Gasteiger partial charge in [0.05, 0.1) is 10.8 Å². The third-order valence-electron chi connectivity index (χ3n) is 4.22. The molecule has 0 radical (unpaired) electrons. The summed E-state index contributed by atoms with van der Waals surface area (Å²) in [5, 5.41) is 3.35. The van der Waals surface area contributed by atoms with E-state index in [1.165, 1.54) is 11.1 Å². The number of rotatable bonds is 4. The Morgan fingerprint density at radius 1 is 1.12 bits per heavy atom. The Hall–Kier alpha value is -2.14. The van der Waals surface area contributed by atoms with Gasteiger partial charge < -0.3 is 10.2 Å². The largest absolute Gasteiger partial charge is 0.355 e. The Labute approximate surface area is 146 Å². The van der Waals surface area contributed by atoms with Crippen molar-refractivity contribution in [3.63, 3.8) is 0 Å². The molecule has 5 heteroatoms. The first-order valence-corrected chi connectivity index (χ1v) is 9.55. The monoisotopic (exact) mass is 341 g/mol. The van der Waals surface area contributed by atoms with E-state index in [2.05, 4.69) is 39.5 Å². The second kappa shape index (κ2) is 8.11. The van der Waals surface area contributed by atoms with Gasteiger partial charge in [-0.15, -0.1) is 0 Å². The molecule has 1 aliphatic heterocycles. The van der Waals surface area contributed by atoms with E-state index in [1.807, 2.05) is 30.3 Å². The van der Waals surface area contributed by atoms with Gasteiger partial charge in [0.25, 0.3) is 0 Å². The van der Waals surface area contributed by atoms with Gasteiger partial charge in [0, 0.05) is 37.3 Å². The average molecular weight is 341 g/mol. The Balaban J connectivity index is 1.54. The van der Waals surface area contributed by atoms with E-state index in [9.17, 15) is 4.21 Å². The quantitative estimate of drug-likeness (QED) is 0.686. The zero-order valence-electron chi connectivity index (χ0n) is 13.9. The van der Waals surface area contributed by atoms with Crippen LogP contribution in [0.4, 0.5) is 0 Å². The van der Waals surface area contributed by atoms with Crippen molar-refractivity contribution in [3.8, 4) is 0 Å². The molecule has 1 heterocycles. The van der Waals surface area contributed by atoms with Gasteiger partial charge in [-0.2, -0.15) is 0 Å². The lowest BCUT2D eigenvalue weighted by molar-refractivity contribution is 0.380. The van der Waals surface area contributed by atoms with Gasteiger partial charge in [-0.25, -0.2) is 0 Å². The highest BCUT2D eigenvalue weighted by atomic mass is 32.2. The first-order chi connectivity index (χ1) is 11.8. The van der Waals surface area contributed by atoms with Gasteiger partial charge in [0.1, 0.15) is 0 Å². The molecule has 1 atom stereocenters. The summed E-state index contributed by atoms with van der Waals surface area (Å²) < 4.78 is 12.3. The molecule has 24 heavy (non-hydrogen) atoms. The molecule has 0 amide bonds. The van der Waals surface area contributed by atoms with Crippen LogP contribution in [0.1, 0.15) is 11.1 Å². The molecule has 1 unspecified atom stereocenters. The van der Waals surface area contributed by atoms with Crippen LogP contribution >= 0.6 is 0 Å². The van der Waals surface area contributed by atoms with Crippen LogP contribution in [0.5, 0.6) is 0 Å². The van der Waals surface area contributed by atoms with E-state index < -0.39 is 10.8 Å². The molecule has 1 N–H and O–H groups in total. The molecule has 3 rings (SSSR count). The predicted molar refractivity (Wildman–Crippen MR) is 99.6 cm³/mol. The van der Waals surface area contributed by atoms with Crippen molar-refractivity contribution < 1.29 is 4.21 Å². The number of nitrogens with one attached hydrogen (secondary N) is 1. The van der Waals surface area contributed by atoms with Gasteiger partial charge in [-0.1, -0.05) is 42.5 Å². The second-order valence-corrected chi connectivity index (χ2v) is 7.35. The van der Waals surface area contributed by atoms with E-state index >= 15 is 0 Å². The van der Waals surface area contributed by atoms with Crippen LogP contribution in [0.3, 0.4) is 0 Å². The first-order valence-electron chi connectivity index (χ1n) is 8.24. The number of fused-ring (bicyclic) bond motifs is 1. The molecule has 1 aliphatic rings. The topological polar surface area (TPSA) is 44.7 Å². The van der Waals surface area contributed by atoms with Crippen LogP contribution in [-0.2, 0) is 23.8 Å². The highest BCUT2D eigenvalue weighted by molar-refractivity contribution is 7.85. The Kier molecular flexibility index (Phi) is 5.64. The van der Waals surface area contributed by atoms with Gasteiger partial charge in [-0.05, 0) is 29.7 Å². The molecule has 4 nitrogen and oxygen atoms in total. The smallest absolute Gasteiger partial charge is 0.193 e. The minimum atomic E-state index is -0.979. The summed E-state index contributed by atoms with van der Waals surface area (Å²) in [6.45, 7) is 2.47. The van der Waals surface area contributed by atoms with Gasteiger partial charge in [0.15, 0.2) is 5.96 Å². The maximum absolute atomic E-state index is 12.3. The van der Waals surface area contributed by atoms with Gasteiger partial charge in [-0.3, -0.25) is 9.20 Å². The summed E-state index contributed by atoms with van der Waals surface area (Å²) in [5.41, 5.74) is 2.79. The molecule has 0 saturated carbocycles. The minimum absolute atomic E-state index is 0.577. The number of hydrogen-bond acceptors (Lipinski definition) is 2. The lowest BCUT2D eigenvalue weighted by atomic mass is 10.0. The third-order valence-corrected chi connectivity index (χ3v) is 5.59. The predicted octanol–water partition coefficient (Wildman–Crippen LogP) is 2.43. The van der Waals surface area contributed by atoms with E-state index in [0.717, 1.165) is 30.4 Å². The van der Waals surface area contributed by atoms with Crippen LogP contribution in [0.25, 0.3) is 0 Å². The highest BCUT2D eigenvalue weighted by Gasteiger charge is 2.18. The van der Waals surface area contributed by atoms with E-state index in [0.29, 0.717) is 12.3 Å². The minimum Gasteiger partial charge on any atom is -0.355 e. The molecule has 0 saturated heterocycles. The fourth-order valence-electron chi connectivity index (χ4n) is 2.95. The van der Waals surface area contributed by atoms with Crippen molar-refractivity contribution in [2.75, 3.05) is 25.9 Å². The van der Waals surface area contributed by atoms with Crippen LogP contribution in [0.15, 0.2) is 64.5 Å². The molecular formula is C19H23N3OS. The molecule has 0 fully saturated rings. The summed E-state index contributed by atoms with van der Waals surface area (Å²) in [4.78, 5) is 7.52. The van der Waals surface area contributed by atoms with E-state index in [4.69, 9.17) is 0 Å².